The fourth-order valence-electron chi connectivity index (χ4n) is 3.83. The van der Waals surface area contributed by atoms with Gasteiger partial charge in [0.1, 0.15) is 17.3 Å². The number of methoxy groups -OCH3 is 2. The van der Waals surface area contributed by atoms with Gasteiger partial charge in [-0.25, -0.2) is 4.79 Å². The summed E-state index contributed by atoms with van der Waals surface area (Å²) in [5.41, 5.74) is 1.16. The molecule has 1 N–H and O–H groups in total. The third-order valence-electron chi connectivity index (χ3n) is 5.48. The molecule has 4 rings (SSSR count). The zero-order valence-electron chi connectivity index (χ0n) is 18.2. The molecule has 2 amide bonds. The van der Waals surface area contributed by atoms with Crippen molar-refractivity contribution in [3.63, 3.8) is 0 Å². The first-order chi connectivity index (χ1) is 15.6. The highest BCUT2D eigenvalue weighted by Crippen LogP contribution is 2.34. The van der Waals surface area contributed by atoms with E-state index >= 15 is 0 Å². The number of aryl methyl sites for hydroxylation is 1. The number of anilines is 2. The number of fused-ring (bicyclic) bond motifs is 1. The average Bonchev–Trinajstić information content (AvgIpc) is 3.02. The fourth-order valence-corrected chi connectivity index (χ4v) is 4.03. The van der Waals surface area contributed by atoms with Crippen molar-refractivity contribution >= 4 is 29.0 Å². The number of rotatable bonds is 6. The molecule has 0 unspecified atom stereocenters. The first-order valence-electron chi connectivity index (χ1n) is 10.6. The summed E-state index contributed by atoms with van der Waals surface area (Å²) in [4.78, 5) is 15.1. The third kappa shape index (κ3) is 4.80. The Morgan fingerprint density at radius 3 is 2.78 bits per heavy atom. The quantitative estimate of drug-likeness (QED) is 0.570. The Labute approximate surface area is 192 Å². The van der Waals surface area contributed by atoms with E-state index in [0.29, 0.717) is 27.9 Å². The van der Waals surface area contributed by atoms with Crippen LogP contribution in [0.25, 0.3) is 0 Å². The molecule has 32 heavy (non-hydrogen) atoms. The van der Waals surface area contributed by atoms with Gasteiger partial charge < -0.3 is 19.4 Å². The fraction of sp³-hybridized carbons (Fsp3) is 0.348. The van der Waals surface area contributed by atoms with Crippen LogP contribution in [-0.2, 0) is 19.5 Å². The Morgan fingerprint density at radius 2 is 2.00 bits per heavy atom. The summed E-state index contributed by atoms with van der Waals surface area (Å²) in [5, 5.41) is 12.2. The number of nitrogens with zero attached hydrogens (tertiary/aromatic N) is 4. The van der Waals surface area contributed by atoms with E-state index in [1.807, 2.05) is 0 Å². The van der Waals surface area contributed by atoms with Crippen LogP contribution in [0.4, 0.5) is 16.2 Å². The molecule has 0 atom stereocenters. The van der Waals surface area contributed by atoms with Crippen LogP contribution < -0.4 is 19.7 Å². The molecule has 168 valence electrons. The lowest BCUT2D eigenvalue weighted by Crippen LogP contribution is -2.36. The van der Waals surface area contributed by atoms with Gasteiger partial charge in [-0.15, -0.1) is 10.2 Å². The molecule has 9 heteroatoms. The van der Waals surface area contributed by atoms with Crippen molar-refractivity contribution in [1.29, 1.82) is 0 Å². The Balaban J connectivity index is 1.72. The smallest absolute Gasteiger partial charge is 0.326 e. The van der Waals surface area contributed by atoms with Gasteiger partial charge >= 0.3 is 6.03 Å². The van der Waals surface area contributed by atoms with Crippen molar-refractivity contribution in [3.05, 3.63) is 59.1 Å². The number of benzene rings is 2. The molecule has 2 heterocycles. The normalized spacial score (nSPS) is 13.1. The van der Waals surface area contributed by atoms with Crippen LogP contribution in [0, 0.1) is 0 Å². The third-order valence-corrected chi connectivity index (χ3v) is 5.72. The highest BCUT2D eigenvalue weighted by Gasteiger charge is 2.25. The minimum atomic E-state index is -0.343. The zero-order chi connectivity index (χ0) is 22.5. The molecule has 0 aliphatic carbocycles. The Bertz CT molecular complexity index is 1100. The topological polar surface area (TPSA) is 81.5 Å². The SMILES string of the molecule is COc1ccc(OC)c(N(Cc2nnc3n2CCCCC3)C(=O)Nc2cccc(Cl)c2)c1. The number of hydrogen-bond acceptors (Lipinski definition) is 5. The van der Waals surface area contributed by atoms with E-state index in [9.17, 15) is 4.79 Å². The van der Waals surface area contributed by atoms with E-state index in [2.05, 4.69) is 20.1 Å². The Kier molecular flexibility index (Phi) is 6.80. The summed E-state index contributed by atoms with van der Waals surface area (Å²) in [6, 6.07) is 12.0. The minimum Gasteiger partial charge on any atom is -0.497 e. The van der Waals surface area contributed by atoms with Gasteiger partial charge in [-0.3, -0.25) is 4.90 Å². The molecule has 0 saturated carbocycles. The number of ether oxygens (including phenoxy) is 2. The molecule has 1 aromatic heterocycles. The van der Waals surface area contributed by atoms with Crippen LogP contribution in [-0.4, -0.2) is 35.0 Å². The van der Waals surface area contributed by atoms with E-state index in [4.69, 9.17) is 21.1 Å². The van der Waals surface area contributed by atoms with Gasteiger partial charge in [0.25, 0.3) is 0 Å². The second-order valence-electron chi connectivity index (χ2n) is 7.56. The molecule has 0 bridgehead atoms. The lowest BCUT2D eigenvalue weighted by molar-refractivity contribution is 0.256. The van der Waals surface area contributed by atoms with Crippen molar-refractivity contribution in [2.24, 2.45) is 0 Å². The average molecular weight is 456 g/mol. The van der Waals surface area contributed by atoms with Crippen LogP contribution >= 0.6 is 11.6 Å². The summed E-state index contributed by atoms with van der Waals surface area (Å²) in [7, 11) is 3.15. The van der Waals surface area contributed by atoms with Gasteiger partial charge in [0.05, 0.1) is 26.5 Å². The second-order valence-corrected chi connectivity index (χ2v) is 8.00. The van der Waals surface area contributed by atoms with Gasteiger partial charge in [-0.2, -0.15) is 0 Å². The predicted molar refractivity (Wildman–Crippen MR) is 124 cm³/mol. The van der Waals surface area contributed by atoms with Crippen LogP contribution in [0.5, 0.6) is 11.5 Å². The molecular formula is C23H26ClN5O3. The largest absolute Gasteiger partial charge is 0.497 e. The van der Waals surface area contributed by atoms with Gasteiger partial charge in [0.2, 0.25) is 0 Å². The van der Waals surface area contributed by atoms with Crippen LogP contribution in [0.2, 0.25) is 5.02 Å². The molecule has 2 aromatic carbocycles. The zero-order valence-corrected chi connectivity index (χ0v) is 18.9. The molecule has 0 radical (unpaired) electrons. The number of urea groups is 1. The highest BCUT2D eigenvalue weighted by molar-refractivity contribution is 6.30. The number of carbonyl (C=O) groups excluding carboxylic acids is 1. The van der Waals surface area contributed by atoms with Crippen molar-refractivity contribution in [2.75, 3.05) is 24.4 Å². The van der Waals surface area contributed by atoms with Crippen LogP contribution in [0.3, 0.4) is 0 Å². The molecule has 0 spiro atoms. The summed E-state index contributed by atoms with van der Waals surface area (Å²) in [6.07, 6.45) is 4.21. The van der Waals surface area contributed by atoms with Crippen molar-refractivity contribution in [1.82, 2.24) is 14.8 Å². The maximum Gasteiger partial charge on any atom is 0.326 e. The number of carbonyl (C=O) groups is 1. The highest BCUT2D eigenvalue weighted by atomic mass is 35.5. The molecule has 0 saturated heterocycles. The minimum absolute atomic E-state index is 0.225. The summed E-state index contributed by atoms with van der Waals surface area (Å²) in [5.74, 6) is 2.85. The summed E-state index contributed by atoms with van der Waals surface area (Å²) < 4.78 is 13.1. The maximum absolute atomic E-state index is 13.5. The van der Waals surface area contributed by atoms with Crippen molar-refractivity contribution in [2.45, 2.75) is 38.8 Å². The first-order valence-corrected chi connectivity index (χ1v) is 10.9. The van der Waals surface area contributed by atoms with Crippen molar-refractivity contribution < 1.29 is 14.3 Å². The monoisotopic (exact) mass is 455 g/mol. The van der Waals surface area contributed by atoms with E-state index in [1.54, 1.807) is 61.6 Å². The van der Waals surface area contributed by atoms with E-state index in [1.165, 1.54) is 0 Å². The van der Waals surface area contributed by atoms with E-state index in [0.717, 1.165) is 43.9 Å². The summed E-state index contributed by atoms with van der Waals surface area (Å²) in [6.45, 7) is 1.07. The Hall–Kier alpha value is -3.26. The lowest BCUT2D eigenvalue weighted by Gasteiger charge is -2.25. The molecular weight excluding hydrogens is 430 g/mol. The number of hydrogen-bond donors (Lipinski definition) is 1. The predicted octanol–water partition coefficient (Wildman–Crippen LogP) is 4.91. The number of nitrogens with one attached hydrogen (secondary N) is 1. The first kappa shape index (κ1) is 22.0. The molecule has 0 fully saturated rings. The van der Waals surface area contributed by atoms with Crippen LogP contribution in [0.1, 0.15) is 30.9 Å². The summed E-state index contributed by atoms with van der Waals surface area (Å²) >= 11 is 6.10. The lowest BCUT2D eigenvalue weighted by atomic mass is 10.2. The van der Waals surface area contributed by atoms with Gasteiger partial charge in [-0.05, 0) is 43.2 Å². The molecule has 3 aromatic rings. The molecule has 1 aliphatic rings. The number of halogens is 1. The van der Waals surface area contributed by atoms with Crippen LogP contribution in [0.15, 0.2) is 42.5 Å². The molecule has 1 aliphatic heterocycles. The number of aromatic nitrogens is 3. The van der Waals surface area contributed by atoms with Gasteiger partial charge in [0, 0.05) is 29.7 Å². The maximum atomic E-state index is 13.5. The van der Waals surface area contributed by atoms with E-state index < -0.39 is 0 Å². The van der Waals surface area contributed by atoms with Gasteiger partial charge in [0.15, 0.2) is 5.82 Å². The van der Waals surface area contributed by atoms with E-state index in [-0.39, 0.29) is 12.6 Å². The standard InChI is InChI=1S/C23H26ClN5O3/c1-31-18-10-11-20(32-2)19(14-18)29(23(30)25-17-8-6-7-16(24)13-17)15-22-27-26-21-9-4-3-5-12-28(21)22/h6-8,10-11,13-14H,3-5,9,12,15H2,1-2H3,(H,25,30). The van der Waals surface area contributed by atoms with Gasteiger partial charge in [-0.1, -0.05) is 24.1 Å². The van der Waals surface area contributed by atoms with Crippen molar-refractivity contribution in [3.8, 4) is 11.5 Å². The second kappa shape index (κ2) is 9.91. The number of amides is 2. The molecule has 8 nitrogen and oxygen atoms in total. The Morgan fingerprint density at radius 1 is 1.12 bits per heavy atom.